The van der Waals surface area contributed by atoms with Crippen molar-refractivity contribution in [3.05, 3.63) is 36.0 Å². The molecule has 2 aromatic rings. The highest BCUT2D eigenvalue weighted by atomic mass is 16.5. The average molecular weight is 330 g/mol. The number of carboxylic acids is 1. The van der Waals surface area contributed by atoms with Crippen molar-refractivity contribution in [1.29, 1.82) is 0 Å². The molecule has 1 aliphatic rings. The normalized spacial score (nSPS) is 20.7. The van der Waals surface area contributed by atoms with Crippen LogP contribution in [0.1, 0.15) is 18.9 Å². The lowest BCUT2D eigenvalue weighted by Gasteiger charge is -2.21. The van der Waals surface area contributed by atoms with Gasteiger partial charge in [0.2, 0.25) is 5.91 Å². The number of likely N-dealkylation sites (tertiary alicyclic amines) is 1. The molecule has 0 radical (unpaired) electrons. The number of aliphatic carboxylic acids is 1. The number of benzene rings is 1. The highest BCUT2D eigenvalue weighted by Crippen LogP contribution is 2.25. The number of para-hydroxylation sites is 1. The molecule has 0 spiro atoms. The molecule has 1 fully saturated rings. The summed E-state index contributed by atoms with van der Waals surface area (Å²) in [5.41, 5.74) is 2.02. The van der Waals surface area contributed by atoms with E-state index in [0.29, 0.717) is 13.0 Å². The van der Waals surface area contributed by atoms with Crippen LogP contribution in [0, 0.1) is 0 Å². The number of hydrogen-bond acceptors (Lipinski definition) is 3. The van der Waals surface area contributed by atoms with Crippen molar-refractivity contribution in [1.82, 2.24) is 9.47 Å². The first kappa shape index (κ1) is 16.5. The highest BCUT2D eigenvalue weighted by Gasteiger charge is 2.39. The maximum absolute atomic E-state index is 12.7. The van der Waals surface area contributed by atoms with Crippen molar-refractivity contribution in [3.63, 3.8) is 0 Å². The van der Waals surface area contributed by atoms with Crippen LogP contribution < -0.4 is 0 Å². The molecular formula is C18H22N2O4. The minimum absolute atomic E-state index is 0.166. The van der Waals surface area contributed by atoms with Crippen molar-refractivity contribution in [3.8, 4) is 0 Å². The molecular weight excluding hydrogens is 308 g/mol. The fraction of sp³-hybridized carbons (Fsp3) is 0.444. The van der Waals surface area contributed by atoms with E-state index >= 15 is 0 Å². The van der Waals surface area contributed by atoms with Crippen molar-refractivity contribution < 1.29 is 19.4 Å². The predicted octanol–water partition coefficient (Wildman–Crippen LogP) is 1.90. The van der Waals surface area contributed by atoms with Gasteiger partial charge in [-0.25, -0.2) is 4.79 Å². The summed E-state index contributed by atoms with van der Waals surface area (Å²) < 4.78 is 7.36. The van der Waals surface area contributed by atoms with Crippen molar-refractivity contribution in [2.75, 3.05) is 13.7 Å². The van der Waals surface area contributed by atoms with Crippen molar-refractivity contribution in [2.45, 2.75) is 38.5 Å². The Balaban J connectivity index is 1.86. The second-order valence-corrected chi connectivity index (χ2v) is 6.13. The highest BCUT2D eigenvalue weighted by molar-refractivity contribution is 5.91. The largest absolute Gasteiger partial charge is 0.480 e. The topological polar surface area (TPSA) is 71.8 Å². The van der Waals surface area contributed by atoms with Crippen LogP contribution in [0.2, 0.25) is 0 Å². The number of carbonyl (C=O) groups excluding carboxylic acids is 1. The van der Waals surface area contributed by atoms with Crippen LogP contribution in [0.3, 0.4) is 0 Å². The molecule has 3 rings (SSSR count). The second kappa shape index (κ2) is 6.65. The fourth-order valence-electron chi connectivity index (χ4n) is 3.47. The number of nitrogens with zero attached hydrogens (tertiary/aromatic N) is 2. The first-order valence-electron chi connectivity index (χ1n) is 8.17. The lowest BCUT2D eigenvalue weighted by atomic mass is 10.1. The van der Waals surface area contributed by atoms with Crippen LogP contribution in [0.5, 0.6) is 0 Å². The standard InChI is InChI=1S/C18H22N2O4/c1-3-19-10-12(14-6-4-5-7-15(14)19)8-17(21)20-11-13(24-2)9-16(20)18(22)23/h4-7,10,13,16H,3,8-9,11H2,1-2H3,(H,22,23). The lowest BCUT2D eigenvalue weighted by Crippen LogP contribution is -2.41. The molecule has 1 aromatic heterocycles. The number of hydrogen-bond donors (Lipinski definition) is 1. The number of carboxylic acid groups (broad SMARTS) is 1. The third kappa shape index (κ3) is 2.89. The van der Waals surface area contributed by atoms with Crippen LogP contribution in [0.25, 0.3) is 10.9 Å². The SMILES string of the molecule is CCn1cc(CC(=O)N2CC(OC)CC2C(=O)O)c2ccccc21. The second-order valence-electron chi connectivity index (χ2n) is 6.13. The van der Waals surface area contributed by atoms with E-state index < -0.39 is 12.0 Å². The third-order valence-electron chi connectivity index (χ3n) is 4.75. The molecule has 0 aliphatic carbocycles. The summed E-state index contributed by atoms with van der Waals surface area (Å²) in [6.45, 7) is 3.21. The monoisotopic (exact) mass is 330 g/mol. The molecule has 6 nitrogen and oxygen atoms in total. The molecule has 2 heterocycles. The Morgan fingerprint density at radius 2 is 2.08 bits per heavy atom. The van der Waals surface area contributed by atoms with Gasteiger partial charge in [0.05, 0.1) is 12.5 Å². The van der Waals surface area contributed by atoms with E-state index in [4.69, 9.17) is 4.74 Å². The van der Waals surface area contributed by atoms with Crippen molar-refractivity contribution in [2.24, 2.45) is 0 Å². The quantitative estimate of drug-likeness (QED) is 0.909. The van der Waals surface area contributed by atoms with Gasteiger partial charge in [-0.1, -0.05) is 18.2 Å². The molecule has 2 unspecified atom stereocenters. The maximum atomic E-state index is 12.7. The van der Waals surface area contributed by atoms with Gasteiger partial charge < -0.3 is 19.3 Å². The number of methoxy groups -OCH3 is 1. The zero-order valence-corrected chi connectivity index (χ0v) is 13.9. The molecule has 1 saturated heterocycles. The van der Waals surface area contributed by atoms with E-state index in [-0.39, 0.29) is 18.4 Å². The Bertz CT molecular complexity index is 767. The summed E-state index contributed by atoms with van der Waals surface area (Å²) >= 11 is 0. The number of ether oxygens (including phenoxy) is 1. The minimum Gasteiger partial charge on any atom is -0.480 e. The zero-order valence-electron chi connectivity index (χ0n) is 13.9. The summed E-state index contributed by atoms with van der Waals surface area (Å²) in [6, 6.07) is 7.16. The molecule has 6 heteroatoms. The lowest BCUT2D eigenvalue weighted by molar-refractivity contribution is -0.147. The van der Waals surface area contributed by atoms with Gasteiger partial charge in [-0.2, -0.15) is 0 Å². The number of fused-ring (bicyclic) bond motifs is 1. The Morgan fingerprint density at radius 3 is 2.75 bits per heavy atom. The Morgan fingerprint density at radius 1 is 1.33 bits per heavy atom. The summed E-state index contributed by atoms with van der Waals surface area (Å²) in [6.07, 6.45) is 2.32. The van der Waals surface area contributed by atoms with Gasteiger partial charge in [0.25, 0.3) is 0 Å². The number of carbonyl (C=O) groups is 2. The van der Waals surface area contributed by atoms with E-state index in [0.717, 1.165) is 23.0 Å². The molecule has 1 aromatic carbocycles. The summed E-state index contributed by atoms with van der Waals surface area (Å²) in [7, 11) is 1.55. The maximum Gasteiger partial charge on any atom is 0.326 e. The van der Waals surface area contributed by atoms with Gasteiger partial charge in [-0.05, 0) is 18.6 Å². The van der Waals surface area contributed by atoms with Gasteiger partial charge in [-0.15, -0.1) is 0 Å². The van der Waals surface area contributed by atoms with Gasteiger partial charge in [0, 0.05) is 43.7 Å². The molecule has 2 atom stereocenters. The molecule has 1 aliphatic heterocycles. The van der Waals surface area contributed by atoms with Crippen LogP contribution in [-0.4, -0.2) is 52.3 Å². The first-order valence-corrected chi connectivity index (χ1v) is 8.17. The Labute approximate surface area is 140 Å². The fourth-order valence-corrected chi connectivity index (χ4v) is 3.47. The van der Waals surface area contributed by atoms with Crippen LogP contribution in [-0.2, 0) is 27.3 Å². The molecule has 1 N–H and O–H groups in total. The van der Waals surface area contributed by atoms with Gasteiger partial charge in [0.15, 0.2) is 0 Å². The predicted molar refractivity (Wildman–Crippen MR) is 89.9 cm³/mol. The molecule has 0 bridgehead atoms. The summed E-state index contributed by atoms with van der Waals surface area (Å²) in [4.78, 5) is 25.6. The summed E-state index contributed by atoms with van der Waals surface area (Å²) in [5.74, 6) is -1.14. The van der Waals surface area contributed by atoms with E-state index in [1.54, 1.807) is 7.11 Å². The van der Waals surface area contributed by atoms with Crippen LogP contribution in [0.15, 0.2) is 30.5 Å². The molecule has 128 valence electrons. The third-order valence-corrected chi connectivity index (χ3v) is 4.75. The number of aryl methyl sites for hydroxylation is 1. The Kier molecular flexibility index (Phi) is 4.57. The number of aromatic nitrogens is 1. The minimum atomic E-state index is -0.973. The van der Waals surface area contributed by atoms with E-state index in [2.05, 4.69) is 11.5 Å². The van der Waals surface area contributed by atoms with E-state index in [1.807, 2.05) is 30.5 Å². The van der Waals surface area contributed by atoms with Crippen molar-refractivity contribution >= 4 is 22.8 Å². The van der Waals surface area contributed by atoms with Gasteiger partial charge in [-0.3, -0.25) is 4.79 Å². The van der Waals surface area contributed by atoms with E-state index in [1.165, 1.54) is 4.90 Å². The van der Waals surface area contributed by atoms with Gasteiger partial charge in [0.1, 0.15) is 6.04 Å². The molecule has 0 saturated carbocycles. The van der Waals surface area contributed by atoms with Crippen LogP contribution in [0.4, 0.5) is 0 Å². The number of rotatable bonds is 5. The first-order chi connectivity index (χ1) is 11.5. The zero-order chi connectivity index (χ0) is 17.3. The molecule has 1 amide bonds. The summed E-state index contributed by atoms with van der Waals surface area (Å²) in [5, 5.41) is 10.4. The molecule has 24 heavy (non-hydrogen) atoms. The average Bonchev–Trinajstić information content (AvgIpc) is 3.17. The van der Waals surface area contributed by atoms with Gasteiger partial charge >= 0.3 is 5.97 Å². The van der Waals surface area contributed by atoms with Crippen LogP contribution >= 0.6 is 0 Å². The Hall–Kier alpha value is -2.34. The smallest absolute Gasteiger partial charge is 0.326 e. The van der Waals surface area contributed by atoms with E-state index in [9.17, 15) is 14.7 Å². The number of amides is 1.